The lowest BCUT2D eigenvalue weighted by atomic mass is 10.0. The number of amides is 1. The molecule has 4 nitrogen and oxygen atoms in total. The number of nitrogens with two attached hydrogens (primary N) is 1. The first-order chi connectivity index (χ1) is 10.1. The van der Waals surface area contributed by atoms with Gasteiger partial charge in [-0.25, -0.2) is 0 Å². The fourth-order valence-corrected chi connectivity index (χ4v) is 2.50. The van der Waals surface area contributed by atoms with Crippen LogP contribution in [0.3, 0.4) is 0 Å². The van der Waals surface area contributed by atoms with E-state index in [9.17, 15) is 4.79 Å². The minimum atomic E-state index is -0.236. The van der Waals surface area contributed by atoms with E-state index >= 15 is 0 Å². The van der Waals surface area contributed by atoms with Crippen molar-refractivity contribution in [3.05, 3.63) is 34.9 Å². The van der Waals surface area contributed by atoms with Gasteiger partial charge >= 0.3 is 0 Å². The van der Waals surface area contributed by atoms with Gasteiger partial charge in [0.15, 0.2) is 0 Å². The Balaban J connectivity index is 2.08. The van der Waals surface area contributed by atoms with Gasteiger partial charge in [-0.05, 0) is 44.4 Å². The largest absolute Gasteiger partial charge is 0.373 e. The quantitative estimate of drug-likeness (QED) is 0.830. The number of carbonyl (C=O) groups is 1. The van der Waals surface area contributed by atoms with Crippen molar-refractivity contribution < 1.29 is 9.53 Å². The van der Waals surface area contributed by atoms with E-state index in [2.05, 4.69) is 17.2 Å². The predicted octanol–water partition coefficient (Wildman–Crippen LogP) is 1.60. The third-order valence-corrected chi connectivity index (χ3v) is 3.83. The first-order valence-electron chi connectivity index (χ1n) is 7.26. The second-order valence-corrected chi connectivity index (χ2v) is 5.57. The molecule has 1 aromatic rings. The van der Waals surface area contributed by atoms with Gasteiger partial charge in [-0.1, -0.05) is 17.9 Å². The number of hydrogen-bond acceptors (Lipinski definition) is 3. The van der Waals surface area contributed by atoms with E-state index < -0.39 is 0 Å². The van der Waals surface area contributed by atoms with Gasteiger partial charge in [-0.3, -0.25) is 4.79 Å². The molecule has 1 unspecified atom stereocenters. The Labute approximate surface area is 126 Å². The molecule has 1 fully saturated rings. The smallest absolute Gasteiger partial charge is 0.251 e. The molecule has 3 N–H and O–H groups in total. The van der Waals surface area contributed by atoms with Crippen LogP contribution in [0, 0.1) is 18.8 Å². The van der Waals surface area contributed by atoms with Gasteiger partial charge in [-0.2, -0.15) is 0 Å². The lowest BCUT2D eigenvalue weighted by molar-refractivity contribution is 0.0206. The maximum atomic E-state index is 12.4. The van der Waals surface area contributed by atoms with E-state index in [1.165, 1.54) is 0 Å². The number of benzene rings is 1. The number of rotatable bonds is 3. The molecule has 0 aliphatic carbocycles. The van der Waals surface area contributed by atoms with Crippen LogP contribution in [0.25, 0.3) is 0 Å². The van der Waals surface area contributed by atoms with Gasteiger partial charge in [0.2, 0.25) is 0 Å². The molecule has 0 spiro atoms. The molecule has 1 atom stereocenters. The van der Waals surface area contributed by atoms with Gasteiger partial charge in [0, 0.05) is 24.3 Å². The average molecular weight is 286 g/mol. The summed E-state index contributed by atoms with van der Waals surface area (Å²) >= 11 is 0. The van der Waals surface area contributed by atoms with Crippen molar-refractivity contribution in [2.45, 2.75) is 32.3 Å². The second-order valence-electron chi connectivity index (χ2n) is 5.57. The van der Waals surface area contributed by atoms with Gasteiger partial charge in [-0.15, -0.1) is 0 Å². The first kappa shape index (κ1) is 15.6. The molecule has 112 valence electrons. The van der Waals surface area contributed by atoms with Crippen molar-refractivity contribution in [1.82, 2.24) is 5.32 Å². The molecule has 0 saturated carbocycles. The third-order valence-electron chi connectivity index (χ3n) is 3.83. The van der Waals surface area contributed by atoms with E-state index in [1.54, 1.807) is 0 Å². The van der Waals surface area contributed by atoms with Crippen molar-refractivity contribution in [3.63, 3.8) is 0 Å². The fraction of sp³-hybridized carbons (Fsp3) is 0.471. The number of carbonyl (C=O) groups excluding carboxylic acids is 1. The van der Waals surface area contributed by atoms with Crippen LogP contribution in [0.15, 0.2) is 18.2 Å². The predicted molar refractivity (Wildman–Crippen MR) is 83.0 cm³/mol. The number of hydrogen-bond donors (Lipinski definition) is 2. The van der Waals surface area contributed by atoms with Crippen LogP contribution in [-0.4, -0.2) is 31.2 Å². The molecule has 1 heterocycles. The molecule has 1 saturated heterocycles. The van der Waals surface area contributed by atoms with Crippen molar-refractivity contribution >= 4 is 5.91 Å². The zero-order valence-corrected chi connectivity index (χ0v) is 12.7. The van der Waals surface area contributed by atoms with Crippen LogP contribution < -0.4 is 11.1 Å². The molecule has 2 rings (SSSR count). The Kier molecular flexibility index (Phi) is 5.00. The van der Waals surface area contributed by atoms with Gasteiger partial charge in [0.05, 0.1) is 12.1 Å². The van der Waals surface area contributed by atoms with Crippen LogP contribution in [0.2, 0.25) is 0 Å². The minimum Gasteiger partial charge on any atom is -0.373 e. The summed E-state index contributed by atoms with van der Waals surface area (Å²) in [6, 6.07) is 5.56. The van der Waals surface area contributed by atoms with Crippen LogP contribution in [-0.2, 0) is 4.74 Å². The number of nitrogens with one attached hydrogen (secondary N) is 1. The summed E-state index contributed by atoms with van der Waals surface area (Å²) in [5, 5.41) is 2.97. The second kappa shape index (κ2) is 6.75. The lowest BCUT2D eigenvalue weighted by Crippen LogP contribution is -2.40. The fourth-order valence-electron chi connectivity index (χ4n) is 2.50. The molecule has 4 heteroatoms. The summed E-state index contributed by atoms with van der Waals surface area (Å²) in [6.07, 6.45) is 2.03. The molecule has 21 heavy (non-hydrogen) atoms. The summed E-state index contributed by atoms with van der Waals surface area (Å²) < 4.78 is 5.68. The van der Waals surface area contributed by atoms with Crippen LogP contribution in [0.5, 0.6) is 0 Å². The van der Waals surface area contributed by atoms with Crippen molar-refractivity contribution in [3.8, 4) is 11.8 Å². The standard InChI is InChI=1S/C17H22N2O2/c1-13-14(7-4-10-18)6-3-8-15(13)16(20)19-12-17(2)9-5-11-21-17/h3,6,8H,5,9-12,18H2,1-2H3,(H,19,20). The number of ether oxygens (including phenoxy) is 1. The van der Waals surface area contributed by atoms with E-state index in [0.717, 1.165) is 30.6 Å². The summed E-state index contributed by atoms with van der Waals surface area (Å²) in [5.41, 5.74) is 7.53. The molecule has 0 bridgehead atoms. The van der Waals surface area contributed by atoms with E-state index in [4.69, 9.17) is 10.5 Å². The highest BCUT2D eigenvalue weighted by Crippen LogP contribution is 2.24. The van der Waals surface area contributed by atoms with Crippen molar-refractivity contribution in [2.75, 3.05) is 19.7 Å². The Morgan fingerprint density at radius 3 is 3.00 bits per heavy atom. The third kappa shape index (κ3) is 3.84. The topological polar surface area (TPSA) is 64.4 Å². The Morgan fingerprint density at radius 2 is 2.33 bits per heavy atom. The van der Waals surface area contributed by atoms with Crippen LogP contribution in [0.4, 0.5) is 0 Å². The molecule has 0 aromatic heterocycles. The highest BCUT2D eigenvalue weighted by Gasteiger charge is 2.30. The van der Waals surface area contributed by atoms with Gasteiger partial charge in [0.25, 0.3) is 5.91 Å². The van der Waals surface area contributed by atoms with Crippen LogP contribution >= 0.6 is 0 Å². The van der Waals surface area contributed by atoms with E-state index in [-0.39, 0.29) is 11.5 Å². The Hall–Kier alpha value is -1.83. The van der Waals surface area contributed by atoms with Crippen LogP contribution in [0.1, 0.15) is 41.3 Å². The Morgan fingerprint density at radius 1 is 1.52 bits per heavy atom. The van der Waals surface area contributed by atoms with E-state index in [1.807, 2.05) is 32.0 Å². The lowest BCUT2D eigenvalue weighted by Gasteiger charge is -2.23. The summed E-state index contributed by atoms with van der Waals surface area (Å²) in [7, 11) is 0. The molecule has 1 amide bonds. The molecule has 1 aliphatic heterocycles. The summed E-state index contributed by atoms with van der Waals surface area (Å²) in [4.78, 5) is 12.4. The maximum absolute atomic E-state index is 12.4. The average Bonchev–Trinajstić information content (AvgIpc) is 2.91. The highest BCUT2D eigenvalue weighted by molar-refractivity contribution is 5.96. The zero-order chi connectivity index (χ0) is 15.3. The molecular formula is C17H22N2O2. The van der Waals surface area contributed by atoms with Crippen molar-refractivity contribution in [1.29, 1.82) is 0 Å². The van der Waals surface area contributed by atoms with Gasteiger partial charge < -0.3 is 15.8 Å². The normalized spacial score (nSPS) is 20.7. The zero-order valence-electron chi connectivity index (χ0n) is 12.7. The SMILES string of the molecule is Cc1c(C#CCN)cccc1C(=O)NCC1(C)CCCO1. The highest BCUT2D eigenvalue weighted by atomic mass is 16.5. The van der Waals surface area contributed by atoms with Crippen molar-refractivity contribution in [2.24, 2.45) is 5.73 Å². The first-order valence-corrected chi connectivity index (χ1v) is 7.26. The summed E-state index contributed by atoms with van der Waals surface area (Å²) in [6.45, 7) is 5.56. The Bertz CT molecular complexity index is 578. The van der Waals surface area contributed by atoms with E-state index in [0.29, 0.717) is 18.7 Å². The monoisotopic (exact) mass is 286 g/mol. The molecular weight excluding hydrogens is 264 g/mol. The molecule has 1 aliphatic rings. The molecule has 0 radical (unpaired) electrons. The maximum Gasteiger partial charge on any atom is 0.251 e. The molecule has 1 aromatic carbocycles. The minimum absolute atomic E-state index is 0.0828. The van der Waals surface area contributed by atoms with Gasteiger partial charge in [0.1, 0.15) is 0 Å². The summed E-state index contributed by atoms with van der Waals surface area (Å²) in [5.74, 6) is 5.73.